The van der Waals surface area contributed by atoms with Gasteiger partial charge in [0.05, 0.1) is 10.6 Å². The maximum atomic E-state index is 12.5. The molecule has 3 nitrogen and oxygen atoms in total. The second-order valence-corrected chi connectivity index (χ2v) is 5.92. The minimum absolute atomic E-state index is 0.149. The average Bonchev–Trinajstić information content (AvgIpc) is 2.45. The molecule has 2 aromatic rings. The number of aryl methyl sites for hydroxylation is 1. The molecule has 1 amide bonds. The van der Waals surface area contributed by atoms with Crippen molar-refractivity contribution >= 4 is 44.8 Å². The van der Waals surface area contributed by atoms with Gasteiger partial charge in [0, 0.05) is 22.4 Å². The van der Waals surface area contributed by atoms with Crippen molar-refractivity contribution in [3.8, 4) is 0 Å². The highest BCUT2D eigenvalue weighted by Crippen LogP contribution is 2.26. The maximum Gasteiger partial charge on any atom is 0.257 e. The lowest BCUT2D eigenvalue weighted by atomic mass is 10.1. The van der Waals surface area contributed by atoms with Crippen LogP contribution in [0.1, 0.15) is 22.8 Å². The van der Waals surface area contributed by atoms with E-state index < -0.39 is 0 Å². The lowest BCUT2D eigenvalue weighted by molar-refractivity contribution is 0.102. The molecule has 0 aliphatic heterocycles. The second kappa shape index (κ2) is 6.96. The Kier molecular flexibility index (Phi) is 5.26. The van der Waals surface area contributed by atoms with Crippen LogP contribution in [-0.2, 0) is 0 Å². The van der Waals surface area contributed by atoms with Crippen LogP contribution >= 0.6 is 27.5 Å². The van der Waals surface area contributed by atoms with Crippen molar-refractivity contribution in [2.24, 2.45) is 0 Å². The molecular formula is C16H16BrClN2O. The number of carbonyl (C=O) groups excluding carboxylic acids is 1. The van der Waals surface area contributed by atoms with Crippen LogP contribution in [0.3, 0.4) is 0 Å². The summed E-state index contributed by atoms with van der Waals surface area (Å²) in [6, 6.07) is 11.1. The predicted molar refractivity (Wildman–Crippen MR) is 92.4 cm³/mol. The number of hydrogen-bond donors (Lipinski definition) is 2. The van der Waals surface area contributed by atoms with Crippen LogP contribution in [0.25, 0.3) is 0 Å². The van der Waals surface area contributed by atoms with E-state index in [9.17, 15) is 4.79 Å². The number of halogens is 2. The van der Waals surface area contributed by atoms with Crippen molar-refractivity contribution < 1.29 is 4.79 Å². The van der Waals surface area contributed by atoms with Crippen LogP contribution in [0, 0.1) is 6.92 Å². The molecule has 2 N–H and O–H groups in total. The van der Waals surface area contributed by atoms with E-state index in [0.717, 1.165) is 22.3 Å². The molecule has 0 bridgehead atoms. The van der Waals surface area contributed by atoms with E-state index in [2.05, 4.69) is 26.6 Å². The van der Waals surface area contributed by atoms with Crippen molar-refractivity contribution in [3.63, 3.8) is 0 Å². The highest BCUT2D eigenvalue weighted by molar-refractivity contribution is 9.10. The van der Waals surface area contributed by atoms with Crippen molar-refractivity contribution in [2.45, 2.75) is 13.8 Å². The van der Waals surface area contributed by atoms with Gasteiger partial charge in [0.2, 0.25) is 0 Å². The summed E-state index contributed by atoms with van der Waals surface area (Å²) >= 11 is 9.30. The fraction of sp³-hybridized carbons (Fsp3) is 0.188. The fourth-order valence-corrected chi connectivity index (χ4v) is 2.46. The molecule has 5 heteroatoms. The number of hydrogen-bond acceptors (Lipinski definition) is 2. The summed E-state index contributed by atoms with van der Waals surface area (Å²) in [6.07, 6.45) is 0. The van der Waals surface area contributed by atoms with E-state index in [1.165, 1.54) is 0 Å². The molecular weight excluding hydrogens is 352 g/mol. The van der Waals surface area contributed by atoms with Gasteiger partial charge in [0.1, 0.15) is 0 Å². The van der Waals surface area contributed by atoms with Gasteiger partial charge in [-0.25, -0.2) is 0 Å². The molecule has 0 heterocycles. The highest BCUT2D eigenvalue weighted by Gasteiger charge is 2.12. The Morgan fingerprint density at radius 3 is 2.67 bits per heavy atom. The van der Waals surface area contributed by atoms with Crippen molar-refractivity contribution in [3.05, 3.63) is 57.0 Å². The fourth-order valence-electron chi connectivity index (χ4n) is 1.96. The molecule has 0 fully saturated rings. The third kappa shape index (κ3) is 3.99. The third-order valence-electron chi connectivity index (χ3n) is 2.96. The average molecular weight is 368 g/mol. The lowest BCUT2D eigenvalue weighted by Gasteiger charge is -2.12. The van der Waals surface area contributed by atoms with Gasteiger partial charge in [-0.1, -0.05) is 23.2 Å². The molecule has 0 radical (unpaired) electrons. The first-order chi connectivity index (χ1) is 10.0. The molecule has 0 saturated heterocycles. The van der Waals surface area contributed by atoms with Crippen molar-refractivity contribution in [1.82, 2.24) is 0 Å². The van der Waals surface area contributed by atoms with Gasteiger partial charge in [-0.3, -0.25) is 4.79 Å². The Morgan fingerprint density at radius 1 is 1.24 bits per heavy atom. The zero-order chi connectivity index (χ0) is 15.4. The first-order valence-electron chi connectivity index (χ1n) is 6.62. The first kappa shape index (κ1) is 15.9. The van der Waals surface area contributed by atoms with Gasteiger partial charge in [-0.05, 0) is 60.1 Å². The van der Waals surface area contributed by atoms with E-state index in [0.29, 0.717) is 16.3 Å². The van der Waals surface area contributed by atoms with Crippen LogP contribution in [0.15, 0.2) is 40.9 Å². The van der Waals surface area contributed by atoms with Gasteiger partial charge in [-0.2, -0.15) is 0 Å². The molecule has 0 unspecified atom stereocenters. The molecule has 0 atom stereocenters. The van der Waals surface area contributed by atoms with E-state index in [1.54, 1.807) is 18.2 Å². The van der Waals surface area contributed by atoms with E-state index in [4.69, 9.17) is 11.6 Å². The van der Waals surface area contributed by atoms with Gasteiger partial charge in [0.15, 0.2) is 0 Å². The summed E-state index contributed by atoms with van der Waals surface area (Å²) in [4.78, 5) is 12.5. The highest BCUT2D eigenvalue weighted by atomic mass is 79.9. The number of anilines is 2. The quantitative estimate of drug-likeness (QED) is 0.790. The lowest BCUT2D eigenvalue weighted by Crippen LogP contribution is -2.15. The normalized spacial score (nSPS) is 10.3. The van der Waals surface area contributed by atoms with Crippen LogP contribution in [0.4, 0.5) is 11.4 Å². The van der Waals surface area contributed by atoms with Crippen molar-refractivity contribution in [2.75, 3.05) is 17.2 Å². The van der Waals surface area contributed by atoms with Crippen molar-refractivity contribution in [1.29, 1.82) is 0 Å². The summed E-state index contributed by atoms with van der Waals surface area (Å²) in [5, 5.41) is 6.69. The number of carbonyl (C=O) groups is 1. The number of nitrogens with one attached hydrogen (secondary N) is 2. The summed E-state index contributed by atoms with van der Waals surface area (Å²) in [6.45, 7) is 4.72. The van der Waals surface area contributed by atoms with E-state index >= 15 is 0 Å². The molecule has 0 aliphatic carbocycles. The summed E-state index contributed by atoms with van der Waals surface area (Å²) in [5.74, 6) is -0.149. The molecule has 0 spiro atoms. The maximum absolute atomic E-state index is 12.5. The van der Waals surface area contributed by atoms with Crippen LogP contribution in [0.5, 0.6) is 0 Å². The zero-order valence-corrected chi connectivity index (χ0v) is 14.2. The monoisotopic (exact) mass is 366 g/mol. The van der Waals surface area contributed by atoms with E-state index in [-0.39, 0.29) is 5.91 Å². The van der Waals surface area contributed by atoms with Crippen LogP contribution in [0.2, 0.25) is 5.02 Å². The Hall–Kier alpha value is -1.52. The Bertz CT molecular complexity index is 673. The summed E-state index contributed by atoms with van der Waals surface area (Å²) < 4.78 is 0.748. The third-order valence-corrected chi connectivity index (χ3v) is 4.18. The van der Waals surface area contributed by atoms with Gasteiger partial charge in [-0.15, -0.1) is 0 Å². The Labute approximate surface area is 137 Å². The van der Waals surface area contributed by atoms with Gasteiger partial charge < -0.3 is 10.6 Å². The number of amides is 1. The molecule has 0 aromatic heterocycles. The minimum atomic E-state index is -0.149. The standard InChI is InChI=1S/C16H16BrClN2O/c1-3-19-15-7-4-10(2)8-12(15)16(21)20-11-5-6-14(18)13(17)9-11/h4-9,19H,3H2,1-2H3,(H,20,21). The predicted octanol–water partition coefficient (Wildman–Crippen LogP) is 5.10. The van der Waals surface area contributed by atoms with Gasteiger partial charge in [0.25, 0.3) is 5.91 Å². The molecule has 21 heavy (non-hydrogen) atoms. The number of rotatable bonds is 4. The zero-order valence-electron chi connectivity index (χ0n) is 11.8. The number of benzene rings is 2. The second-order valence-electron chi connectivity index (χ2n) is 4.66. The summed E-state index contributed by atoms with van der Waals surface area (Å²) in [5.41, 5.74) is 3.19. The molecule has 2 rings (SSSR count). The largest absolute Gasteiger partial charge is 0.385 e. The minimum Gasteiger partial charge on any atom is -0.385 e. The Balaban J connectivity index is 2.27. The molecule has 2 aromatic carbocycles. The topological polar surface area (TPSA) is 41.1 Å². The molecule has 110 valence electrons. The molecule has 0 saturated carbocycles. The Morgan fingerprint density at radius 2 is 2.00 bits per heavy atom. The molecule has 0 aliphatic rings. The summed E-state index contributed by atoms with van der Waals surface area (Å²) in [7, 11) is 0. The van der Waals surface area contributed by atoms with Crippen LogP contribution < -0.4 is 10.6 Å². The van der Waals surface area contributed by atoms with Crippen LogP contribution in [-0.4, -0.2) is 12.5 Å². The smallest absolute Gasteiger partial charge is 0.257 e. The SMILES string of the molecule is CCNc1ccc(C)cc1C(=O)Nc1ccc(Cl)c(Br)c1. The first-order valence-corrected chi connectivity index (χ1v) is 7.79. The van der Waals surface area contributed by atoms with E-state index in [1.807, 2.05) is 32.0 Å². The van der Waals surface area contributed by atoms with Gasteiger partial charge >= 0.3 is 0 Å².